The number of nitrogen functional groups attached to an aromatic ring is 1. The number of rotatable bonds is 7. The number of hydrogen-bond donors (Lipinski definition) is 2. The van der Waals surface area contributed by atoms with Crippen molar-refractivity contribution >= 4 is 28.7 Å². The molecule has 13 heteroatoms. The van der Waals surface area contributed by atoms with Crippen molar-refractivity contribution in [3.63, 3.8) is 0 Å². The fourth-order valence-corrected chi connectivity index (χ4v) is 3.16. The van der Waals surface area contributed by atoms with Crippen LogP contribution in [0.3, 0.4) is 0 Å². The van der Waals surface area contributed by atoms with Crippen molar-refractivity contribution in [2.45, 2.75) is 12.7 Å². The highest BCUT2D eigenvalue weighted by molar-refractivity contribution is 5.75. The largest absolute Gasteiger partial charge is 0.418 e. The lowest BCUT2D eigenvalue weighted by molar-refractivity contribution is -0.385. The number of nitro benzene ring substituents is 1. The topological polar surface area (TPSA) is 145 Å². The van der Waals surface area contributed by atoms with E-state index in [-0.39, 0.29) is 23.1 Å². The maximum absolute atomic E-state index is 13.5. The molecular formula is C23H17F3N8O2. The van der Waals surface area contributed by atoms with E-state index in [1.807, 2.05) is 30.3 Å². The minimum Gasteiger partial charge on any atom is -0.382 e. The first kappa shape index (κ1) is 24.2. The zero-order chi connectivity index (χ0) is 25.7. The maximum Gasteiger partial charge on any atom is 0.418 e. The Morgan fingerprint density at radius 2 is 1.72 bits per heavy atom. The van der Waals surface area contributed by atoms with Crippen molar-refractivity contribution in [1.29, 1.82) is 0 Å². The van der Waals surface area contributed by atoms with E-state index in [1.54, 1.807) is 24.5 Å². The van der Waals surface area contributed by atoms with E-state index in [9.17, 15) is 23.3 Å². The molecule has 0 saturated carbocycles. The van der Waals surface area contributed by atoms with E-state index in [2.05, 4.69) is 30.5 Å². The molecule has 2 aromatic carbocycles. The lowest BCUT2D eigenvalue weighted by Crippen LogP contribution is -2.06. The van der Waals surface area contributed by atoms with E-state index in [0.29, 0.717) is 18.2 Å². The molecule has 0 spiro atoms. The number of nitrogens with two attached hydrogens (primary N) is 1. The van der Waals surface area contributed by atoms with E-state index >= 15 is 0 Å². The lowest BCUT2D eigenvalue weighted by atomic mass is 10.1. The average molecular weight is 494 g/mol. The first-order valence-corrected chi connectivity index (χ1v) is 10.4. The van der Waals surface area contributed by atoms with Gasteiger partial charge in [-0.15, -0.1) is 10.2 Å². The predicted molar refractivity (Wildman–Crippen MR) is 126 cm³/mol. The molecule has 0 atom stereocenters. The first-order valence-electron chi connectivity index (χ1n) is 10.4. The number of benzene rings is 2. The fourth-order valence-electron chi connectivity index (χ4n) is 3.16. The second-order valence-electron chi connectivity index (χ2n) is 7.36. The van der Waals surface area contributed by atoms with Gasteiger partial charge in [-0.25, -0.2) is 9.97 Å². The molecule has 0 aliphatic heterocycles. The quantitative estimate of drug-likeness (QED) is 0.180. The lowest BCUT2D eigenvalue weighted by Gasteiger charge is -2.12. The molecule has 3 N–H and O–H groups in total. The van der Waals surface area contributed by atoms with Gasteiger partial charge in [-0.05, 0) is 23.8 Å². The summed E-state index contributed by atoms with van der Waals surface area (Å²) in [4.78, 5) is 22.6. The van der Waals surface area contributed by atoms with Crippen molar-refractivity contribution in [1.82, 2.24) is 15.0 Å². The Bertz CT molecular complexity index is 1410. The summed E-state index contributed by atoms with van der Waals surface area (Å²) in [6.07, 6.45) is -1.80. The summed E-state index contributed by atoms with van der Waals surface area (Å²) in [5.41, 5.74) is 4.87. The molecule has 0 radical (unpaired) electrons. The van der Waals surface area contributed by atoms with Gasteiger partial charge in [0, 0.05) is 36.6 Å². The van der Waals surface area contributed by atoms with Crippen LogP contribution in [0.2, 0.25) is 0 Å². The number of hydrogen-bond acceptors (Lipinski definition) is 9. The molecule has 4 aromatic rings. The molecule has 0 saturated heterocycles. The van der Waals surface area contributed by atoms with Crippen molar-refractivity contribution in [2.75, 3.05) is 11.1 Å². The van der Waals surface area contributed by atoms with Crippen LogP contribution in [0.5, 0.6) is 0 Å². The summed E-state index contributed by atoms with van der Waals surface area (Å²) in [7, 11) is 0. The van der Waals surface area contributed by atoms with E-state index < -0.39 is 28.0 Å². The second-order valence-corrected chi connectivity index (χ2v) is 7.36. The van der Waals surface area contributed by atoms with Crippen LogP contribution in [-0.4, -0.2) is 19.9 Å². The summed E-state index contributed by atoms with van der Waals surface area (Å²) in [6.45, 7) is 0.306. The second kappa shape index (κ2) is 10.1. The molecule has 0 unspecified atom stereocenters. The van der Waals surface area contributed by atoms with Crippen LogP contribution in [0.1, 0.15) is 11.1 Å². The molecule has 182 valence electrons. The van der Waals surface area contributed by atoms with E-state index in [1.165, 1.54) is 0 Å². The van der Waals surface area contributed by atoms with Crippen LogP contribution >= 0.6 is 0 Å². The molecule has 10 nitrogen and oxygen atoms in total. The number of aromatic nitrogens is 3. The minimum absolute atomic E-state index is 0.0878. The highest BCUT2D eigenvalue weighted by Gasteiger charge is 2.35. The Balaban J connectivity index is 1.76. The van der Waals surface area contributed by atoms with Crippen LogP contribution in [0.25, 0.3) is 11.4 Å². The van der Waals surface area contributed by atoms with E-state index in [0.717, 1.165) is 17.7 Å². The third-order valence-corrected chi connectivity index (χ3v) is 4.91. The van der Waals surface area contributed by atoms with Gasteiger partial charge >= 0.3 is 6.18 Å². The summed E-state index contributed by atoms with van der Waals surface area (Å²) in [5, 5.41) is 21.6. The molecule has 2 aromatic heterocycles. The van der Waals surface area contributed by atoms with Crippen molar-refractivity contribution in [3.8, 4) is 11.4 Å². The third-order valence-electron chi connectivity index (χ3n) is 4.91. The van der Waals surface area contributed by atoms with Crippen LogP contribution in [0.15, 0.2) is 83.3 Å². The first-order chi connectivity index (χ1) is 17.2. The third kappa shape index (κ3) is 5.58. The SMILES string of the molecule is Nc1nc(-c2ccncc2)nc(NCc2ccccc2)c1N=Nc1ccc([N+](=O)[O-])cc1C(F)(F)F. The number of nitro groups is 1. The van der Waals surface area contributed by atoms with E-state index in [4.69, 9.17) is 5.73 Å². The molecule has 2 heterocycles. The average Bonchev–Trinajstić information content (AvgIpc) is 2.87. The smallest absolute Gasteiger partial charge is 0.382 e. The number of alkyl halides is 3. The van der Waals surface area contributed by atoms with Gasteiger partial charge in [0.15, 0.2) is 23.1 Å². The Morgan fingerprint density at radius 3 is 2.39 bits per heavy atom. The van der Waals surface area contributed by atoms with Crippen LogP contribution in [0, 0.1) is 10.1 Å². The maximum atomic E-state index is 13.5. The van der Waals surface area contributed by atoms with Gasteiger partial charge in [0.1, 0.15) is 0 Å². The number of nitrogens with one attached hydrogen (secondary N) is 1. The Labute approximate surface area is 201 Å². The Kier molecular flexibility index (Phi) is 6.81. The number of halogens is 3. The van der Waals surface area contributed by atoms with Crippen molar-refractivity contribution < 1.29 is 18.1 Å². The summed E-state index contributed by atoms with van der Waals surface area (Å²) in [5.74, 6) is 0.250. The molecule has 0 aliphatic rings. The summed E-state index contributed by atoms with van der Waals surface area (Å²) in [6, 6.07) is 14.8. The molecule has 36 heavy (non-hydrogen) atoms. The zero-order valence-corrected chi connectivity index (χ0v) is 18.3. The van der Waals surface area contributed by atoms with Gasteiger partial charge in [-0.1, -0.05) is 30.3 Å². The highest BCUT2D eigenvalue weighted by atomic mass is 19.4. The van der Waals surface area contributed by atoms with Crippen LogP contribution in [0.4, 0.5) is 41.9 Å². The molecule has 4 rings (SSSR count). The number of anilines is 2. The monoisotopic (exact) mass is 494 g/mol. The van der Waals surface area contributed by atoms with Crippen LogP contribution in [-0.2, 0) is 12.7 Å². The standard InChI is InChI=1S/C23H17F3N8O2/c24-23(25,26)17-12-16(34(35)36)6-7-18(17)32-33-19-20(27)30-21(15-8-10-28-11-9-15)31-22(19)29-13-14-4-2-1-3-5-14/h1-12H,13H2,(H3,27,29,30,31). The van der Waals surface area contributed by atoms with Gasteiger partial charge in [0.2, 0.25) is 0 Å². The summed E-state index contributed by atoms with van der Waals surface area (Å²) < 4.78 is 40.6. The molecular weight excluding hydrogens is 477 g/mol. The van der Waals surface area contributed by atoms with Gasteiger partial charge in [0.25, 0.3) is 5.69 Å². The van der Waals surface area contributed by atoms with Crippen molar-refractivity contribution in [2.24, 2.45) is 10.2 Å². The zero-order valence-electron chi connectivity index (χ0n) is 18.3. The number of non-ortho nitro benzene ring substituents is 1. The highest BCUT2D eigenvalue weighted by Crippen LogP contribution is 2.40. The number of pyridine rings is 1. The van der Waals surface area contributed by atoms with Gasteiger partial charge < -0.3 is 11.1 Å². The minimum atomic E-state index is -4.90. The Morgan fingerprint density at radius 1 is 1.00 bits per heavy atom. The summed E-state index contributed by atoms with van der Waals surface area (Å²) >= 11 is 0. The molecule has 0 fully saturated rings. The molecule has 0 aliphatic carbocycles. The number of azo groups is 1. The van der Waals surface area contributed by atoms with Gasteiger partial charge in [0.05, 0.1) is 16.2 Å². The Hall–Kier alpha value is -4.94. The van der Waals surface area contributed by atoms with Crippen LogP contribution < -0.4 is 11.1 Å². The molecule has 0 amide bonds. The normalized spacial score (nSPS) is 11.5. The fraction of sp³-hybridized carbons (Fsp3) is 0.0870. The van der Waals surface area contributed by atoms with Gasteiger partial charge in [-0.2, -0.15) is 13.2 Å². The number of nitrogens with zero attached hydrogens (tertiary/aromatic N) is 6. The van der Waals surface area contributed by atoms with Gasteiger partial charge in [-0.3, -0.25) is 15.1 Å². The van der Waals surface area contributed by atoms with Crippen molar-refractivity contribution in [3.05, 3.63) is 94.3 Å². The predicted octanol–water partition coefficient (Wildman–Crippen LogP) is 6.08. The molecule has 0 bridgehead atoms.